The Kier molecular flexibility index (Phi) is 4.29. The van der Waals surface area contributed by atoms with E-state index in [9.17, 15) is 0 Å². The summed E-state index contributed by atoms with van der Waals surface area (Å²) < 4.78 is 0. The zero-order chi connectivity index (χ0) is 13.7. The lowest BCUT2D eigenvalue weighted by molar-refractivity contribution is 1.02. The fourth-order valence-electron chi connectivity index (χ4n) is 2.06. The van der Waals surface area contributed by atoms with Crippen LogP contribution in [-0.2, 0) is 0 Å². The predicted molar refractivity (Wildman–Crippen MR) is 81.3 cm³/mol. The molecule has 1 aliphatic carbocycles. The Morgan fingerprint density at radius 1 is 1.32 bits per heavy atom. The van der Waals surface area contributed by atoms with Crippen molar-refractivity contribution in [2.24, 2.45) is 0 Å². The second-order valence-corrected chi connectivity index (χ2v) is 4.40. The van der Waals surface area contributed by atoms with E-state index in [1.54, 1.807) is 0 Å². The van der Waals surface area contributed by atoms with Crippen LogP contribution in [0, 0.1) is 0 Å². The molecule has 19 heavy (non-hydrogen) atoms. The molecule has 1 aromatic rings. The largest absolute Gasteiger partial charge is 0.384 e. The van der Waals surface area contributed by atoms with Crippen molar-refractivity contribution in [3.8, 4) is 0 Å². The van der Waals surface area contributed by atoms with Crippen LogP contribution in [0.3, 0.4) is 0 Å². The molecular formula is C16H19N3. The Morgan fingerprint density at radius 3 is 2.79 bits per heavy atom. The molecule has 2 rings (SSSR count). The highest BCUT2D eigenvalue weighted by Gasteiger charge is 2.10. The second-order valence-electron chi connectivity index (χ2n) is 4.40. The Hall–Kier alpha value is -2.16. The van der Waals surface area contributed by atoms with Crippen molar-refractivity contribution in [1.82, 2.24) is 9.97 Å². The van der Waals surface area contributed by atoms with E-state index < -0.39 is 0 Å². The van der Waals surface area contributed by atoms with Crippen LogP contribution >= 0.6 is 0 Å². The molecule has 0 aromatic carbocycles. The van der Waals surface area contributed by atoms with Gasteiger partial charge in [0.1, 0.15) is 5.82 Å². The average molecular weight is 253 g/mol. The Labute approximate surface area is 114 Å². The number of hydrogen-bond acceptors (Lipinski definition) is 3. The molecule has 2 N–H and O–H groups in total. The number of hydrogen-bond donors (Lipinski definition) is 1. The standard InChI is InChI=1S/C16H19N3/c1-3-8-12(4-2)16-18-14(11-15(17)19-16)13-9-6-5-7-10-13/h3-6,8-9,11H,7,10H2,1-2H3,(H2,17,18,19)/b8-3-,12-4+. The number of aromatic nitrogens is 2. The maximum absolute atomic E-state index is 5.91. The van der Waals surface area contributed by atoms with Crippen molar-refractivity contribution in [3.63, 3.8) is 0 Å². The predicted octanol–water partition coefficient (Wildman–Crippen LogP) is 3.77. The summed E-state index contributed by atoms with van der Waals surface area (Å²) >= 11 is 0. The quantitative estimate of drug-likeness (QED) is 0.834. The lowest BCUT2D eigenvalue weighted by Gasteiger charge is -2.11. The molecule has 1 heterocycles. The third kappa shape index (κ3) is 3.19. The molecule has 3 nitrogen and oxygen atoms in total. The summed E-state index contributed by atoms with van der Waals surface area (Å²) in [6.45, 7) is 3.95. The van der Waals surface area contributed by atoms with E-state index >= 15 is 0 Å². The number of anilines is 1. The number of rotatable bonds is 3. The van der Waals surface area contributed by atoms with Crippen LogP contribution in [0.2, 0.25) is 0 Å². The van der Waals surface area contributed by atoms with E-state index in [1.807, 2.05) is 38.1 Å². The SMILES string of the molecule is C/C=C\C(=C/C)c1nc(N)cc(C2=CC=CCC2)n1. The summed E-state index contributed by atoms with van der Waals surface area (Å²) in [4.78, 5) is 8.95. The van der Waals surface area contributed by atoms with Gasteiger partial charge in [-0.25, -0.2) is 9.97 Å². The topological polar surface area (TPSA) is 51.8 Å². The van der Waals surface area contributed by atoms with Gasteiger partial charge in [-0.15, -0.1) is 0 Å². The summed E-state index contributed by atoms with van der Waals surface area (Å²) in [6.07, 6.45) is 14.3. The molecule has 1 aromatic heterocycles. The van der Waals surface area contributed by atoms with Crippen LogP contribution in [0.5, 0.6) is 0 Å². The Bertz CT molecular complexity index is 578. The minimum Gasteiger partial charge on any atom is -0.384 e. The molecular weight excluding hydrogens is 234 g/mol. The van der Waals surface area contributed by atoms with Crippen molar-refractivity contribution >= 4 is 17.0 Å². The first-order valence-corrected chi connectivity index (χ1v) is 6.54. The summed E-state index contributed by atoms with van der Waals surface area (Å²) in [5, 5.41) is 0. The van der Waals surface area contributed by atoms with Gasteiger partial charge >= 0.3 is 0 Å². The van der Waals surface area contributed by atoms with Gasteiger partial charge in [0.25, 0.3) is 0 Å². The molecule has 0 saturated carbocycles. The van der Waals surface area contributed by atoms with Crippen LogP contribution in [0.1, 0.15) is 38.2 Å². The first-order chi connectivity index (χ1) is 9.24. The van der Waals surface area contributed by atoms with Gasteiger partial charge in [-0.1, -0.05) is 36.5 Å². The van der Waals surface area contributed by atoms with E-state index in [1.165, 1.54) is 5.57 Å². The van der Waals surface area contributed by atoms with Crippen LogP contribution in [0.15, 0.2) is 42.5 Å². The molecule has 0 spiro atoms. The monoisotopic (exact) mass is 253 g/mol. The number of nitrogens with two attached hydrogens (primary N) is 1. The van der Waals surface area contributed by atoms with Gasteiger partial charge in [-0.3, -0.25) is 0 Å². The van der Waals surface area contributed by atoms with E-state index in [4.69, 9.17) is 5.73 Å². The van der Waals surface area contributed by atoms with Crippen LogP contribution < -0.4 is 5.73 Å². The van der Waals surface area contributed by atoms with Gasteiger partial charge in [-0.05, 0) is 32.3 Å². The summed E-state index contributed by atoms with van der Waals surface area (Å²) in [6, 6.07) is 1.84. The first-order valence-electron chi connectivity index (χ1n) is 6.54. The van der Waals surface area contributed by atoms with E-state index in [0.717, 1.165) is 24.1 Å². The first kappa shape index (κ1) is 13.3. The maximum Gasteiger partial charge on any atom is 0.161 e. The van der Waals surface area contributed by atoms with Crippen LogP contribution in [-0.4, -0.2) is 9.97 Å². The lowest BCUT2D eigenvalue weighted by atomic mass is 10.0. The van der Waals surface area contributed by atoms with Crippen molar-refractivity contribution in [1.29, 1.82) is 0 Å². The van der Waals surface area contributed by atoms with Gasteiger partial charge < -0.3 is 5.73 Å². The number of allylic oxidation sites excluding steroid dienone is 8. The molecule has 0 bridgehead atoms. The van der Waals surface area contributed by atoms with E-state index in [-0.39, 0.29) is 0 Å². The molecule has 0 saturated heterocycles. The van der Waals surface area contributed by atoms with Crippen molar-refractivity contribution < 1.29 is 0 Å². The molecule has 0 aliphatic heterocycles. The normalized spacial score (nSPS) is 15.9. The molecule has 98 valence electrons. The van der Waals surface area contributed by atoms with Crippen LogP contribution in [0.4, 0.5) is 5.82 Å². The van der Waals surface area contributed by atoms with Crippen molar-refractivity contribution in [2.75, 3.05) is 5.73 Å². The zero-order valence-corrected chi connectivity index (χ0v) is 11.4. The highest BCUT2D eigenvalue weighted by molar-refractivity contribution is 5.73. The fraction of sp³-hybridized carbons (Fsp3) is 0.250. The van der Waals surface area contributed by atoms with Gasteiger partial charge in [0.2, 0.25) is 0 Å². The molecule has 3 heteroatoms. The summed E-state index contributed by atoms with van der Waals surface area (Å²) in [7, 11) is 0. The highest BCUT2D eigenvalue weighted by Crippen LogP contribution is 2.24. The lowest BCUT2D eigenvalue weighted by Crippen LogP contribution is -2.03. The molecule has 0 unspecified atom stereocenters. The average Bonchev–Trinajstić information content (AvgIpc) is 2.45. The minimum atomic E-state index is 0.513. The van der Waals surface area contributed by atoms with E-state index in [0.29, 0.717) is 11.6 Å². The van der Waals surface area contributed by atoms with Crippen LogP contribution in [0.25, 0.3) is 11.1 Å². The smallest absolute Gasteiger partial charge is 0.161 e. The second kappa shape index (κ2) is 6.14. The molecule has 0 atom stereocenters. The third-order valence-corrected chi connectivity index (χ3v) is 3.00. The summed E-state index contributed by atoms with van der Waals surface area (Å²) in [5.41, 5.74) is 9.04. The summed E-state index contributed by atoms with van der Waals surface area (Å²) in [5.74, 6) is 1.20. The molecule has 0 amide bonds. The van der Waals surface area contributed by atoms with E-state index in [2.05, 4.69) is 28.2 Å². The van der Waals surface area contributed by atoms with Crippen molar-refractivity contribution in [2.45, 2.75) is 26.7 Å². The van der Waals surface area contributed by atoms with Crippen molar-refractivity contribution in [3.05, 3.63) is 54.0 Å². The number of nitrogen functional groups attached to an aromatic ring is 1. The fourth-order valence-corrected chi connectivity index (χ4v) is 2.06. The van der Waals surface area contributed by atoms with Gasteiger partial charge in [0.05, 0.1) is 5.69 Å². The molecule has 1 aliphatic rings. The third-order valence-electron chi connectivity index (χ3n) is 3.00. The minimum absolute atomic E-state index is 0.513. The molecule has 0 fully saturated rings. The maximum atomic E-state index is 5.91. The highest BCUT2D eigenvalue weighted by atomic mass is 14.9. The molecule has 0 radical (unpaired) electrons. The Balaban J connectivity index is 2.45. The van der Waals surface area contributed by atoms with Gasteiger partial charge in [-0.2, -0.15) is 0 Å². The Morgan fingerprint density at radius 2 is 2.16 bits per heavy atom. The number of nitrogens with zero attached hydrogens (tertiary/aromatic N) is 2. The zero-order valence-electron chi connectivity index (χ0n) is 11.4. The van der Waals surface area contributed by atoms with Gasteiger partial charge in [0.15, 0.2) is 5.82 Å². The van der Waals surface area contributed by atoms with Gasteiger partial charge in [0, 0.05) is 11.6 Å².